The molecule has 1 unspecified atom stereocenters. The smallest absolute Gasteiger partial charge is 0.164 e. The van der Waals surface area contributed by atoms with Crippen molar-refractivity contribution < 1.29 is 35.6 Å². The van der Waals surface area contributed by atoms with Crippen molar-refractivity contribution in [3.05, 3.63) is 29.0 Å². The maximum Gasteiger partial charge on any atom is 0.164 e. The number of anilines is 1. The Morgan fingerprint density at radius 1 is 1.36 bits per heavy atom. The Kier molecular flexibility index (Phi) is 5.32. The number of nitrogens with one attached hydrogen (secondary N) is 2. The van der Waals surface area contributed by atoms with E-state index in [1.54, 1.807) is 6.92 Å². The summed E-state index contributed by atoms with van der Waals surface area (Å²) in [6.45, 7) is 1.08. The van der Waals surface area contributed by atoms with Gasteiger partial charge in [-0.05, 0) is 18.6 Å². The first-order valence-electron chi connectivity index (χ1n) is 6.76. The first kappa shape index (κ1) is 17.1. The SMILES string of the molecule is Cc1cc([NH+]([O-])O)ccc1N[C@@H]1O[C@H]([C@@H](O)CO)[C@H](O)[C@H]1O. The predicted molar refractivity (Wildman–Crippen MR) is 74.3 cm³/mol. The summed E-state index contributed by atoms with van der Waals surface area (Å²) in [5.74, 6) is 0. The first-order chi connectivity index (χ1) is 10.3. The highest BCUT2D eigenvalue weighted by Crippen LogP contribution is 2.27. The molecule has 1 aromatic rings. The van der Waals surface area contributed by atoms with E-state index in [2.05, 4.69) is 5.32 Å². The minimum Gasteiger partial charge on any atom is -0.595 e. The molecule has 1 heterocycles. The third-order valence-corrected chi connectivity index (χ3v) is 3.64. The summed E-state index contributed by atoms with van der Waals surface area (Å²) in [7, 11) is 0. The molecule has 6 atom stereocenters. The lowest BCUT2D eigenvalue weighted by atomic mass is 10.1. The van der Waals surface area contributed by atoms with Gasteiger partial charge in [-0.25, -0.2) is 5.21 Å². The number of quaternary nitrogens is 1. The lowest BCUT2D eigenvalue weighted by molar-refractivity contribution is -0.991. The predicted octanol–water partition coefficient (Wildman–Crippen LogP) is -2.39. The molecule has 1 aliphatic heterocycles. The molecule has 0 spiro atoms. The molecule has 7 N–H and O–H groups in total. The normalized spacial score (nSPS) is 31.0. The van der Waals surface area contributed by atoms with Crippen LogP contribution in [0.4, 0.5) is 11.4 Å². The van der Waals surface area contributed by atoms with Crippen molar-refractivity contribution in [2.45, 2.75) is 37.6 Å². The molecule has 1 aromatic carbocycles. The van der Waals surface area contributed by atoms with Gasteiger partial charge < -0.3 is 35.7 Å². The van der Waals surface area contributed by atoms with Crippen LogP contribution in [0.15, 0.2) is 18.2 Å². The Morgan fingerprint density at radius 2 is 2.05 bits per heavy atom. The molecule has 0 aliphatic carbocycles. The summed E-state index contributed by atoms with van der Waals surface area (Å²) in [5.41, 5.74) is 1.28. The second kappa shape index (κ2) is 6.86. The molecule has 124 valence electrons. The molecule has 1 saturated heterocycles. The maximum atomic E-state index is 10.9. The standard InChI is InChI=1S/C13H20N2O7/c1-6-4-7(15(20)21)2-3-8(6)14-13-11(19)10(18)12(22-13)9(17)5-16/h2-4,9-20H,5H2,1H3/t9-,10+,11+,12+,13+/m0/s1. The Hall–Kier alpha value is -1.30. The van der Waals surface area contributed by atoms with E-state index in [-0.39, 0.29) is 5.69 Å². The van der Waals surface area contributed by atoms with Crippen molar-refractivity contribution in [2.24, 2.45) is 0 Å². The van der Waals surface area contributed by atoms with Crippen LogP contribution in [0.3, 0.4) is 0 Å². The van der Waals surface area contributed by atoms with E-state index < -0.39 is 42.5 Å². The van der Waals surface area contributed by atoms with Crippen molar-refractivity contribution >= 4 is 11.4 Å². The third-order valence-electron chi connectivity index (χ3n) is 3.64. The Labute approximate surface area is 126 Å². The summed E-state index contributed by atoms with van der Waals surface area (Å²) in [5, 5.41) is 59.8. The topological polar surface area (TPSA) is 150 Å². The van der Waals surface area contributed by atoms with Crippen LogP contribution in [0, 0.1) is 12.1 Å². The Balaban J connectivity index is 2.11. The van der Waals surface area contributed by atoms with Crippen molar-refractivity contribution in [2.75, 3.05) is 11.9 Å². The molecular formula is C13H20N2O7. The van der Waals surface area contributed by atoms with Crippen LogP contribution in [0.25, 0.3) is 0 Å². The number of rotatable bonds is 5. The number of benzene rings is 1. The Bertz CT molecular complexity index is 513. The fourth-order valence-corrected chi connectivity index (χ4v) is 2.36. The molecule has 0 radical (unpaired) electrons. The second-order valence-corrected chi connectivity index (χ2v) is 5.23. The summed E-state index contributed by atoms with van der Waals surface area (Å²) in [4.78, 5) is 0. The van der Waals surface area contributed by atoms with Gasteiger partial charge in [0.2, 0.25) is 0 Å². The molecule has 0 amide bonds. The molecule has 1 fully saturated rings. The highest BCUT2D eigenvalue weighted by Gasteiger charge is 2.45. The van der Waals surface area contributed by atoms with E-state index in [1.807, 2.05) is 0 Å². The molecule has 0 aromatic heterocycles. The lowest BCUT2D eigenvalue weighted by Crippen LogP contribution is -2.99. The van der Waals surface area contributed by atoms with E-state index in [0.717, 1.165) is 0 Å². The van der Waals surface area contributed by atoms with Crippen molar-refractivity contribution in [1.82, 2.24) is 0 Å². The van der Waals surface area contributed by atoms with Gasteiger partial charge >= 0.3 is 0 Å². The number of hydrogen-bond donors (Lipinski definition) is 7. The average Bonchev–Trinajstić information content (AvgIpc) is 2.76. The van der Waals surface area contributed by atoms with E-state index in [1.165, 1.54) is 18.2 Å². The van der Waals surface area contributed by atoms with Gasteiger partial charge in [0.1, 0.15) is 24.4 Å². The molecular weight excluding hydrogens is 296 g/mol. The fraction of sp³-hybridized carbons (Fsp3) is 0.538. The van der Waals surface area contributed by atoms with Gasteiger partial charge in [-0.3, -0.25) is 0 Å². The summed E-state index contributed by atoms with van der Waals surface area (Å²) in [6.07, 6.45) is -6.07. The quantitative estimate of drug-likeness (QED) is 0.297. The van der Waals surface area contributed by atoms with E-state index in [0.29, 0.717) is 11.3 Å². The molecule has 9 heteroatoms. The van der Waals surface area contributed by atoms with Crippen molar-refractivity contribution in [3.8, 4) is 0 Å². The van der Waals surface area contributed by atoms with Crippen molar-refractivity contribution in [1.29, 1.82) is 0 Å². The van der Waals surface area contributed by atoms with Gasteiger partial charge in [-0.1, -0.05) is 0 Å². The van der Waals surface area contributed by atoms with E-state index in [9.17, 15) is 20.5 Å². The highest BCUT2D eigenvalue weighted by molar-refractivity contribution is 5.55. The molecule has 22 heavy (non-hydrogen) atoms. The minimum atomic E-state index is -1.35. The number of aryl methyl sites for hydroxylation is 1. The zero-order valence-corrected chi connectivity index (χ0v) is 11.9. The van der Waals surface area contributed by atoms with Crippen LogP contribution in [-0.4, -0.2) is 62.9 Å². The zero-order valence-electron chi connectivity index (χ0n) is 11.9. The average molecular weight is 316 g/mol. The van der Waals surface area contributed by atoms with Gasteiger partial charge in [0, 0.05) is 17.8 Å². The van der Waals surface area contributed by atoms with Gasteiger partial charge in [0.05, 0.1) is 6.61 Å². The summed E-state index contributed by atoms with van der Waals surface area (Å²) in [6, 6.07) is 4.38. The number of ether oxygens (including phenoxy) is 1. The fourth-order valence-electron chi connectivity index (χ4n) is 2.36. The maximum absolute atomic E-state index is 10.9. The number of hydrogen-bond acceptors (Lipinski definition) is 8. The van der Waals surface area contributed by atoms with E-state index >= 15 is 0 Å². The van der Waals surface area contributed by atoms with Crippen LogP contribution >= 0.6 is 0 Å². The van der Waals surface area contributed by atoms with Crippen LogP contribution in [-0.2, 0) is 4.74 Å². The summed E-state index contributed by atoms with van der Waals surface area (Å²) < 4.78 is 5.34. The molecule has 0 bridgehead atoms. The van der Waals surface area contributed by atoms with E-state index in [4.69, 9.17) is 15.1 Å². The number of aliphatic hydroxyl groups is 4. The summed E-state index contributed by atoms with van der Waals surface area (Å²) >= 11 is 0. The van der Waals surface area contributed by atoms with Gasteiger partial charge in [0.15, 0.2) is 11.9 Å². The molecule has 1 aliphatic rings. The minimum absolute atomic E-state index is 0.129. The zero-order chi connectivity index (χ0) is 16.4. The molecule has 0 saturated carbocycles. The highest BCUT2D eigenvalue weighted by atomic mass is 16.8. The van der Waals surface area contributed by atoms with Gasteiger partial charge in [0.25, 0.3) is 0 Å². The first-order valence-corrected chi connectivity index (χ1v) is 6.76. The number of aliphatic hydroxyl groups excluding tert-OH is 4. The van der Waals surface area contributed by atoms with Crippen LogP contribution in [0.5, 0.6) is 0 Å². The second-order valence-electron chi connectivity index (χ2n) is 5.23. The van der Waals surface area contributed by atoms with Crippen LogP contribution < -0.4 is 10.5 Å². The van der Waals surface area contributed by atoms with Crippen LogP contribution in [0.2, 0.25) is 0 Å². The largest absolute Gasteiger partial charge is 0.595 e. The van der Waals surface area contributed by atoms with Crippen molar-refractivity contribution in [3.63, 3.8) is 0 Å². The Morgan fingerprint density at radius 3 is 2.59 bits per heavy atom. The molecule has 9 nitrogen and oxygen atoms in total. The van der Waals surface area contributed by atoms with Gasteiger partial charge in [-0.15, -0.1) is 0 Å². The monoisotopic (exact) mass is 316 g/mol. The molecule has 2 rings (SSSR count). The van der Waals surface area contributed by atoms with Gasteiger partial charge in [-0.2, -0.15) is 5.23 Å². The third kappa shape index (κ3) is 3.37. The lowest BCUT2D eigenvalue weighted by Gasteiger charge is -2.21. The van der Waals surface area contributed by atoms with Crippen LogP contribution in [0.1, 0.15) is 5.56 Å².